The fourth-order valence-electron chi connectivity index (χ4n) is 1.56. The average Bonchev–Trinajstić information content (AvgIpc) is 2.32. The number of carbonyl (C=O) groups is 1. The second kappa shape index (κ2) is 4.93. The second-order valence-corrected chi connectivity index (χ2v) is 3.82. The van der Waals surface area contributed by atoms with E-state index in [2.05, 4.69) is 5.32 Å². The van der Waals surface area contributed by atoms with E-state index in [4.69, 9.17) is 10.8 Å². The molecule has 0 heterocycles. The van der Waals surface area contributed by atoms with Crippen LogP contribution in [0, 0.1) is 11.6 Å². The number of amides is 1. The molecule has 0 aliphatic carbocycles. The van der Waals surface area contributed by atoms with E-state index >= 15 is 0 Å². The first-order valence-electron chi connectivity index (χ1n) is 5.33. The predicted octanol–water partition coefficient (Wildman–Crippen LogP) is 2.50. The minimum Gasteiger partial charge on any atom is -0.508 e. The zero-order valence-electron chi connectivity index (χ0n) is 9.65. The molecule has 6 heteroatoms. The van der Waals surface area contributed by atoms with Gasteiger partial charge in [-0.05, 0) is 24.3 Å². The van der Waals surface area contributed by atoms with Crippen molar-refractivity contribution in [1.82, 2.24) is 0 Å². The van der Waals surface area contributed by atoms with Crippen molar-refractivity contribution in [2.45, 2.75) is 0 Å². The van der Waals surface area contributed by atoms with Gasteiger partial charge in [-0.2, -0.15) is 0 Å². The SMILES string of the molecule is Nc1cc(O)ccc1NC(=O)c1c(F)cccc1F. The van der Waals surface area contributed by atoms with Crippen molar-refractivity contribution in [2.24, 2.45) is 0 Å². The Bertz CT molecular complexity index is 624. The molecule has 0 fully saturated rings. The van der Waals surface area contributed by atoms with Crippen molar-refractivity contribution in [3.63, 3.8) is 0 Å². The Morgan fingerprint density at radius 3 is 2.37 bits per heavy atom. The van der Waals surface area contributed by atoms with Crippen LogP contribution >= 0.6 is 0 Å². The molecule has 4 nitrogen and oxygen atoms in total. The van der Waals surface area contributed by atoms with Gasteiger partial charge in [0.25, 0.3) is 5.91 Å². The zero-order valence-corrected chi connectivity index (χ0v) is 9.65. The molecule has 0 aliphatic heterocycles. The van der Waals surface area contributed by atoms with Gasteiger partial charge in [0.1, 0.15) is 22.9 Å². The number of phenolic OH excluding ortho intramolecular Hbond substituents is 1. The summed E-state index contributed by atoms with van der Waals surface area (Å²) in [5.74, 6) is -2.95. The van der Waals surface area contributed by atoms with Crippen molar-refractivity contribution in [2.75, 3.05) is 11.1 Å². The highest BCUT2D eigenvalue weighted by Crippen LogP contribution is 2.24. The van der Waals surface area contributed by atoms with Crippen LogP contribution in [0.3, 0.4) is 0 Å². The Morgan fingerprint density at radius 2 is 1.79 bits per heavy atom. The molecular formula is C13H10F2N2O2. The van der Waals surface area contributed by atoms with Crippen LogP contribution in [0.1, 0.15) is 10.4 Å². The molecular weight excluding hydrogens is 254 g/mol. The lowest BCUT2D eigenvalue weighted by molar-refractivity contribution is 0.101. The monoisotopic (exact) mass is 264 g/mol. The molecule has 4 N–H and O–H groups in total. The van der Waals surface area contributed by atoms with Crippen LogP contribution in [0.15, 0.2) is 36.4 Å². The van der Waals surface area contributed by atoms with Gasteiger partial charge in [0.15, 0.2) is 0 Å². The van der Waals surface area contributed by atoms with E-state index < -0.39 is 23.1 Å². The number of halogens is 2. The van der Waals surface area contributed by atoms with Gasteiger partial charge in [-0.1, -0.05) is 6.07 Å². The van der Waals surface area contributed by atoms with E-state index in [-0.39, 0.29) is 17.1 Å². The summed E-state index contributed by atoms with van der Waals surface area (Å²) in [6, 6.07) is 6.98. The maximum atomic E-state index is 13.4. The van der Waals surface area contributed by atoms with Gasteiger partial charge in [-0.3, -0.25) is 4.79 Å². The van der Waals surface area contributed by atoms with E-state index in [1.807, 2.05) is 0 Å². The molecule has 0 radical (unpaired) electrons. The molecule has 98 valence electrons. The summed E-state index contributed by atoms with van der Waals surface area (Å²) in [4.78, 5) is 11.8. The van der Waals surface area contributed by atoms with Gasteiger partial charge in [0, 0.05) is 6.07 Å². The molecule has 1 amide bonds. The molecule has 0 aliphatic rings. The van der Waals surface area contributed by atoms with Crippen molar-refractivity contribution in [3.05, 3.63) is 53.6 Å². The topological polar surface area (TPSA) is 75.3 Å². The van der Waals surface area contributed by atoms with Crippen molar-refractivity contribution in [1.29, 1.82) is 0 Å². The first kappa shape index (κ1) is 12.8. The third-order valence-corrected chi connectivity index (χ3v) is 2.47. The number of nitrogens with two attached hydrogens (primary N) is 1. The van der Waals surface area contributed by atoms with Crippen LogP contribution in [0.25, 0.3) is 0 Å². The average molecular weight is 264 g/mol. The van der Waals surface area contributed by atoms with Crippen LogP contribution in [0.5, 0.6) is 5.75 Å². The summed E-state index contributed by atoms with van der Waals surface area (Å²) >= 11 is 0. The molecule has 0 aromatic heterocycles. The maximum Gasteiger partial charge on any atom is 0.261 e. The summed E-state index contributed by atoms with van der Waals surface area (Å²) < 4.78 is 26.8. The van der Waals surface area contributed by atoms with Crippen LogP contribution in [-0.2, 0) is 0 Å². The fraction of sp³-hybridized carbons (Fsp3) is 0. The Labute approximate surface area is 107 Å². The van der Waals surface area contributed by atoms with Gasteiger partial charge in [-0.25, -0.2) is 8.78 Å². The van der Waals surface area contributed by atoms with Crippen LogP contribution in [-0.4, -0.2) is 11.0 Å². The first-order valence-corrected chi connectivity index (χ1v) is 5.33. The molecule has 2 rings (SSSR count). The third kappa shape index (κ3) is 2.62. The molecule has 19 heavy (non-hydrogen) atoms. The lowest BCUT2D eigenvalue weighted by Crippen LogP contribution is -2.16. The Kier molecular flexibility index (Phi) is 3.33. The Balaban J connectivity index is 2.31. The number of hydrogen-bond acceptors (Lipinski definition) is 3. The minimum atomic E-state index is -0.963. The number of carbonyl (C=O) groups excluding carboxylic acids is 1. The summed E-state index contributed by atoms with van der Waals surface area (Å²) in [6.07, 6.45) is 0. The van der Waals surface area contributed by atoms with Crippen molar-refractivity contribution in [3.8, 4) is 5.75 Å². The standard InChI is InChI=1S/C13H10F2N2O2/c14-8-2-1-3-9(15)12(8)13(19)17-11-5-4-7(18)6-10(11)16/h1-6,18H,16H2,(H,17,19). The number of nitrogens with one attached hydrogen (secondary N) is 1. The second-order valence-electron chi connectivity index (χ2n) is 3.82. The number of anilines is 2. The summed E-state index contributed by atoms with van der Waals surface area (Å²) in [5.41, 5.74) is 5.12. The van der Waals surface area contributed by atoms with Gasteiger partial charge in [-0.15, -0.1) is 0 Å². The normalized spacial score (nSPS) is 10.2. The van der Waals surface area contributed by atoms with E-state index in [1.165, 1.54) is 18.2 Å². The fourth-order valence-corrected chi connectivity index (χ4v) is 1.56. The Morgan fingerprint density at radius 1 is 1.16 bits per heavy atom. The molecule has 0 spiro atoms. The van der Waals surface area contributed by atoms with E-state index in [0.29, 0.717) is 0 Å². The third-order valence-electron chi connectivity index (χ3n) is 2.47. The molecule has 0 unspecified atom stereocenters. The lowest BCUT2D eigenvalue weighted by atomic mass is 10.1. The zero-order chi connectivity index (χ0) is 14.0. The number of benzene rings is 2. The van der Waals surface area contributed by atoms with Gasteiger partial charge in [0.05, 0.1) is 11.4 Å². The molecule has 2 aromatic rings. The highest BCUT2D eigenvalue weighted by atomic mass is 19.1. The molecule has 0 atom stereocenters. The lowest BCUT2D eigenvalue weighted by Gasteiger charge is -2.09. The first-order chi connectivity index (χ1) is 8.99. The summed E-state index contributed by atoms with van der Waals surface area (Å²) in [6.45, 7) is 0. The quantitative estimate of drug-likeness (QED) is 0.576. The van der Waals surface area contributed by atoms with Crippen LogP contribution < -0.4 is 11.1 Å². The van der Waals surface area contributed by atoms with Crippen LogP contribution in [0.2, 0.25) is 0 Å². The number of phenols is 1. The van der Waals surface area contributed by atoms with Gasteiger partial charge in [0.2, 0.25) is 0 Å². The number of aromatic hydroxyl groups is 1. The maximum absolute atomic E-state index is 13.4. The van der Waals surface area contributed by atoms with Crippen LogP contribution in [0.4, 0.5) is 20.2 Å². The Hall–Kier alpha value is -2.63. The molecule has 0 bridgehead atoms. The smallest absolute Gasteiger partial charge is 0.261 e. The van der Waals surface area contributed by atoms with E-state index in [9.17, 15) is 13.6 Å². The van der Waals surface area contributed by atoms with Crippen molar-refractivity contribution < 1.29 is 18.7 Å². The largest absolute Gasteiger partial charge is 0.508 e. The molecule has 0 saturated carbocycles. The minimum absolute atomic E-state index is 0.0763. The van der Waals surface area contributed by atoms with E-state index in [0.717, 1.165) is 18.2 Å². The van der Waals surface area contributed by atoms with Crippen molar-refractivity contribution >= 4 is 17.3 Å². The highest BCUT2D eigenvalue weighted by Gasteiger charge is 2.17. The van der Waals surface area contributed by atoms with Gasteiger partial charge >= 0.3 is 0 Å². The van der Waals surface area contributed by atoms with E-state index in [1.54, 1.807) is 0 Å². The molecule has 0 saturated heterocycles. The van der Waals surface area contributed by atoms with Gasteiger partial charge < -0.3 is 16.2 Å². The predicted molar refractivity (Wildman–Crippen MR) is 66.8 cm³/mol. The summed E-state index contributed by atoms with van der Waals surface area (Å²) in [5, 5.41) is 11.4. The molecule has 2 aromatic carbocycles. The number of rotatable bonds is 2. The highest BCUT2D eigenvalue weighted by molar-refractivity contribution is 6.06. The number of hydrogen-bond donors (Lipinski definition) is 3. The summed E-state index contributed by atoms with van der Waals surface area (Å²) in [7, 11) is 0. The number of nitrogen functional groups attached to an aromatic ring is 1.